The molecule has 6 heteroatoms. The van der Waals surface area contributed by atoms with Gasteiger partial charge in [-0.2, -0.15) is 0 Å². The Morgan fingerprint density at radius 3 is 1.85 bits per heavy atom. The van der Waals surface area contributed by atoms with Crippen LogP contribution in [0.1, 0.15) is 29.5 Å². The largest absolute Gasteiger partial charge is 0.378 e. The molecular formula is C34H44N4S2+2. The van der Waals surface area contributed by atoms with Gasteiger partial charge in [-0.05, 0) is 53.8 Å². The summed E-state index contributed by atoms with van der Waals surface area (Å²) in [5, 5.41) is 0. The number of aryl methyl sites for hydroxylation is 2. The number of aromatic nitrogens is 1. The van der Waals surface area contributed by atoms with Crippen LogP contribution >= 0.6 is 21.6 Å². The van der Waals surface area contributed by atoms with E-state index in [1.807, 2.05) is 21.6 Å². The van der Waals surface area contributed by atoms with Crippen molar-refractivity contribution in [2.24, 2.45) is 0 Å². The average molecular weight is 573 g/mol. The molecule has 1 aromatic heterocycles. The van der Waals surface area contributed by atoms with Crippen molar-refractivity contribution in [1.82, 2.24) is 0 Å². The van der Waals surface area contributed by atoms with Gasteiger partial charge in [-0.1, -0.05) is 63.6 Å². The van der Waals surface area contributed by atoms with Crippen LogP contribution in [-0.4, -0.2) is 63.6 Å². The number of hydrogen-bond acceptors (Lipinski definition) is 4. The Bertz CT molecular complexity index is 1280. The quantitative estimate of drug-likeness (QED) is 0.121. The van der Waals surface area contributed by atoms with Crippen molar-refractivity contribution in [3.63, 3.8) is 0 Å². The first-order valence-corrected chi connectivity index (χ1v) is 16.7. The van der Waals surface area contributed by atoms with Crippen molar-refractivity contribution >= 4 is 51.3 Å². The number of pyridine rings is 1. The van der Waals surface area contributed by atoms with Crippen LogP contribution in [0.3, 0.4) is 0 Å². The number of nitrogens with zero attached hydrogens (tertiary/aromatic N) is 4. The van der Waals surface area contributed by atoms with E-state index in [0.717, 1.165) is 44.0 Å². The number of hydrogen-bond donors (Lipinski definition) is 0. The summed E-state index contributed by atoms with van der Waals surface area (Å²) in [4.78, 5) is 4.27. The topological polar surface area (TPSA) is 13.4 Å². The number of anilines is 2. The van der Waals surface area contributed by atoms with Crippen LogP contribution in [0, 0.1) is 0 Å². The molecule has 0 atom stereocenters. The Labute approximate surface area is 249 Å². The van der Waals surface area contributed by atoms with Crippen molar-refractivity contribution in [2.45, 2.75) is 25.8 Å². The van der Waals surface area contributed by atoms with Crippen LogP contribution in [0.5, 0.6) is 0 Å². The van der Waals surface area contributed by atoms with Crippen LogP contribution in [-0.2, 0) is 13.0 Å². The van der Waals surface area contributed by atoms with Crippen molar-refractivity contribution in [1.29, 1.82) is 0 Å². The van der Waals surface area contributed by atoms with Gasteiger partial charge in [0.15, 0.2) is 31.7 Å². The van der Waals surface area contributed by atoms with Crippen molar-refractivity contribution < 1.29 is 9.14 Å². The summed E-state index contributed by atoms with van der Waals surface area (Å²) in [5.41, 5.74) is 7.93. The maximum atomic E-state index is 2.47. The molecule has 0 saturated carbocycles. The zero-order valence-corrected chi connectivity index (χ0v) is 26.1. The number of allylic oxidation sites excluding steroid dienone is 1. The van der Waals surface area contributed by atoms with Gasteiger partial charge in [0, 0.05) is 64.2 Å². The normalized spacial score (nSPS) is 13.3. The minimum Gasteiger partial charge on any atom is -0.378 e. The molecule has 0 amide bonds. The smallest absolute Gasteiger partial charge is 0.169 e. The van der Waals surface area contributed by atoms with E-state index in [4.69, 9.17) is 0 Å². The highest BCUT2D eigenvalue weighted by molar-refractivity contribution is 8.76. The predicted molar refractivity (Wildman–Crippen MR) is 179 cm³/mol. The highest BCUT2D eigenvalue weighted by atomic mass is 33.1. The predicted octanol–water partition coefficient (Wildman–Crippen LogP) is 6.70. The van der Waals surface area contributed by atoms with Crippen molar-refractivity contribution in [2.75, 3.05) is 62.6 Å². The molecule has 2 aromatic carbocycles. The van der Waals surface area contributed by atoms with E-state index >= 15 is 0 Å². The Kier molecular flexibility index (Phi) is 11.8. The SMILES string of the molecule is CN(C)c1ccc(/C=C/c2cc[n+](CCSSCC[N+]3=CC=C(CCc4ccc(N(C)C)cc4)CC3)cc2)cc1. The molecule has 0 aliphatic carbocycles. The van der Waals surface area contributed by atoms with E-state index in [-0.39, 0.29) is 0 Å². The van der Waals surface area contributed by atoms with Crippen LogP contribution in [0.15, 0.2) is 84.7 Å². The number of benzene rings is 2. The van der Waals surface area contributed by atoms with Crippen LogP contribution in [0.25, 0.3) is 12.2 Å². The van der Waals surface area contributed by atoms with Crippen molar-refractivity contribution in [3.8, 4) is 0 Å². The summed E-state index contributed by atoms with van der Waals surface area (Å²) >= 11 is 0. The van der Waals surface area contributed by atoms with Crippen LogP contribution in [0.4, 0.5) is 11.4 Å². The monoisotopic (exact) mass is 572 g/mol. The van der Waals surface area contributed by atoms with E-state index in [2.05, 4.69) is 145 Å². The molecule has 0 saturated heterocycles. The minimum atomic E-state index is 1.04. The summed E-state index contributed by atoms with van der Waals surface area (Å²) in [5.74, 6) is 2.28. The van der Waals surface area contributed by atoms with Gasteiger partial charge in [-0.15, -0.1) is 0 Å². The average Bonchev–Trinajstić information content (AvgIpc) is 2.98. The molecule has 210 valence electrons. The van der Waals surface area contributed by atoms with Gasteiger partial charge < -0.3 is 9.80 Å². The summed E-state index contributed by atoms with van der Waals surface area (Å²) < 4.78 is 4.75. The van der Waals surface area contributed by atoms with Gasteiger partial charge in [-0.3, -0.25) is 0 Å². The first-order valence-electron chi connectivity index (χ1n) is 14.2. The van der Waals surface area contributed by atoms with E-state index < -0.39 is 0 Å². The molecule has 1 aliphatic rings. The van der Waals surface area contributed by atoms with Gasteiger partial charge in [0.1, 0.15) is 6.54 Å². The Balaban J connectivity index is 1.09. The lowest BCUT2D eigenvalue weighted by molar-refractivity contribution is -0.692. The molecule has 0 spiro atoms. The zero-order valence-electron chi connectivity index (χ0n) is 24.5. The van der Waals surface area contributed by atoms with Gasteiger partial charge >= 0.3 is 0 Å². The zero-order chi connectivity index (χ0) is 28.2. The molecule has 40 heavy (non-hydrogen) atoms. The molecular weight excluding hydrogens is 529 g/mol. The van der Waals surface area contributed by atoms with Crippen molar-refractivity contribution in [3.05, 3.63) is 101 Å². The second kappa shape index (κ2) is 15.7. The molecule has 0 fully saturated rings. The summed E-state index contributed by atoms with van der Waals surface area (Å²) in [6.07, 6.45) is 16.9. The van der Waals surface area contributed by atoms with E-state index in [9.17, 15) is 0 Å². The molecule has 4 nitrogen and oxygen atoms in total. The Morgan fingerprint density at radius 2 is 1.27 bits per heavy atom. The van der Waals surface area contributed by atoms with Gasteiger partial charge in [0.25, 0.3) is 0 Å². The van der Waals surface area contributed by atoms with Gasteiger partial charge in [0.2, 0.25) is 0 Å². The van der Waals surface area contributed by atoms with Crippen LogP contribution in [0.2, 0.25) is 0 Å². The van der Waals surface area contributed by atoms with E-state index in [0.29, 0.717) is 0 Å². The molecule has 4 rings (SSSR count). The van der Waals surface area contributed by atoms with Crippen LogP contribution < -0.4 is 14.4 Å². The third-order valence-electron chi connectivity index (χ3n) is 7.20. The maximum Gasteiger partial charge on any atom is 0.169 e. The highest BCUT2D eigenvalue weighted by Crippen LogP contribution is 2.21. The first kappa shape index (κ1) is 30.0. The van der Waals surface area contributed by atoms with E-state index in [1.54, 1.807) is 5.57 Å². The first-order chi connectivity index (χ1) is 19.5. The summed E-state index contributed by atoms with van der Waals surface area (Å²) in [6, 6.07) is 22.0. The molecule has 0 radical (unpaired) electrons. The second-order valence-corrected chi connectivity index (χ2v) is 13.4. The van der Waals surface area contributed by atoms with Gasteiger partial charge in [0.05, 0.1) is 11.5 Å². The summed E-state index contributed by atoms with van der Waals surface area (Å²) in [7, 11) is 12.3. The molecule has 1 aliphatic heterocycles. The maximum absolute atomic E-state index is 2.47. The molecule has 0 bridgehead atoms. The highest BCUT2D eigenvalue weighted by Gasteiger charge is 2.12. The Morgan fingerprint density at radius 1 is 0.700 bits per heavy atom. The Hall–Kier alpha value is -2.96. The fraction of sp³-hybridized carbons (Fsp3) is 0.353. The lowest BCUT2D eigenvalue weighted by Gasteiger charge is -2.14. The third kappa shape index (κ3) is 9.90. The molecule has 2 heterocycles. The minimum absolute atomic E-state index is 1.04. The fourth-order valence-corrected chi connectivity index (χ4v) is 6.52. The second-order valence-electron chi connectivity index (χ2n) is 10.7. The fourth-order valence-electron chi connectivity index (χ4n) is 4.54. The third-order valence-corrected chi connectivity index (χ3v) is 9.57. The van der Waals surface area contributed by atoms with E-state index in [1.165, 1.54) is 34.5 Å². The summed E-state index contributed by atoms with van der Waals surface area (Å²) in [6.45, 7) is 3.31. The standard InChI is InChI=1S/C34H44N4S2/c1-35(2)33-13-9-29(10-14-33)5-7-31-17-21-37(22-18-31)25-27-39-40-28-26-38-23-19-32(20-24-38)8-6-30-11-15-34(16-12-30)36(3)4/h5,7,9-19,21-23H,6,8,20,24-28H2,1-4H3/q+2. The lowest BCUT2D eigenvalue weighted by Crippen LogP contribution is -2.33. The number of rotatable bonds is 14. The molecule has 0 N–H and O–H groups in total. The molecule has 3 aromatic rings. The van der Waals surface area contributed by atoms with Gasteiger partial charge in [-0.25, -0.2) is 9.14 Å². The lowest BCUT2D eigenvalue weighted by atomic mass is 10.0. The molecule has 0 unspecified atom stereocenters.